The van der Waals surface area contributed by atoms with E-state index in [0.29, 0.717) is 23.5 Å². The molecule has 1 atom stereocenters. The summed E-state index contributed by atoms with van der Waals surface area (Å²) < 4.78 is 5.74. The summed E-state index contributed by atoms with van der Waals surface area (Å²) in [5.41, 5.74) is 8.15. The number of hydrogen-bond acceptors (Lipinski definition) is 3. The number of nitrogens with one attached hydrogen (secondary N) is 1. The van der Waals surface area contributed by atoms with E-state index >= 15 is 0 Å². The lowest BCUT2D eigenvalue weighted by atomic mass is 10.2. The number of hydrogen-bond donors (Lipinski definition) is 2. The number of carbonyl (C=O) groups is 1. The van der Waals surface area contributed by atoms with Crippen LogP contribution in [0, 0.1) is 6.92 Å². The molecule has 0 aromatic heterocycles. The van der Waals surface area contributed by atoms with Gasteiger partial charge in [0.25, 0.3) is 5.91 Å². The van der Waals surface area contributed by atoms with Gasteiger partial charge in [0.1, 0.15) is 5.75 Å². The van der Waals surface area contributed by atoms with Crippen molar-refractivity contribution in [3.8, 4) is 5.75 Å². The Morgan fingerprint density at radius 3 is 2.33 bits per heavy atom. The van der Waals surface area contributed by atoms with Gasteiger partial charge in [-0.05, 0) is 49.7 Å². The maximum atomic E-state index is 12.2. The van der Waals surface area contributed by atoms with E-state index in [0.717, 1.165) is 5.56 Å². The maximum Gasteiger partial charge on any atom is 0.265 e. The van der Waals surface area contributed by atoms with Gasteiger partial charge in [-0.3, -0.25) is 4.79 Å². The molecule has 0 saturated carbocycles. The number of amides is 1. The highest BCUT2D eigenvalue weighted by Crippen LogP contribution is 2.16. The molecule has 2 aromatic rings. The topological polar surface area (TPSA) is 64.3 Å². The molecule has 0 radical (unpaired) electrons. The zero-order chi connectivity index (χ0) is 15.2. The molecule has 0 saturated heterocycles. The van der Waals surface area contributed by atoms with Crippen molar-refractivity contribution >= 4 is 17.3 Å². The highest BCUT2D eigenvalue weighted by atomic mass is 16.5. The molecule has 0 spiro atoms. The van der Waals surface area contributed by atoms with Crippen LogP contribution in [0.4, 0.5) is 11.4 Å². The second-order valence-corrected chi connectivity index (χ2v) is 4.94. The van der Waals surface area contributed by atoms with Crippen molar-refractivity contribution in [3.63, 3.8) is 0 Å². The van der Waals surface area contributed by atoms with Crippen molar-refractivity contribution in [3.05, 3.63) is 54.1 Å². The lowest BCUT2D eigenvalue weighted by molar-refractivity contribution is -0.122. The van der Waals surface area contributed by atoms with Crippen LogP contribution in [-0.2, 0) is 4.79 Å². The van der Waals surface area contributed by atoms with Gasteiger partial charge in [0, 0.05) is 11.4 Å². The van der Waals surface area contributed by atoms with E-state index in [9.17, 15) is 4.79 Å². The molecule has 0 aliphatic heterocycles. The minimum atomic E-state index is -0.523. The minimum Gasteiger partial charge on any atom is -0.481 e. The van der Waals surface area contributed by atoms with E-state index < -0.39 is 6.10 Å². The smallest absolute Gasteiger partial charge is 0.265 e. The first-order valence-electron chi connectivity index (χ1n) is 6.98. The molecular formula is C17H20N2O2. The number of nitrogens with two attached hydrogens (primary N) is 1. The summed E-state index contributed by atoms with van der Waals surface area (Å²) in [5, 5.41) is 2.83. The maximum absolute atomic E-state index is 12.2. The molecule has 0 aliphatic rings. The van der Waals surface area contributed by atoms with Gasteiger partial charge >= 0.3 is 0 Å². The zero-order valence-corrected chi connectivity index (χ0v) is 12.3. The van der Waals surface area contributed by atoms with Crippen molar-refractivity contribution in [2.75, 3.05) is 11.1 Å². The Morgan fingerprint density at radius 1 is 1.14 bits per heavy atom. The predicted molar refractivity (Wildman–Crippen MR) is 85.4 cm³/mol. The normalized spacial score (nSPS) is 11.7. The van der Waals surface area contributed by atoms with Crippen LogP contribution in [0.3, 0.4) is 0 Å². The van der Waals surface area contributed by atoms with E-state index in [1.807, 2.05) is 38.1 Å². The SMILES string of the molecule is CC[C@H](Oc1ccc(C)cc1)C(=O)Nc1ccc(N)cc1. The van der Waals surface area contributed by atoms with Crippen LogP contribution in [0.25, 0.3) is 0 Å². The van der Waals surface area contributed by atoms with Gasteiger partial charge in [0.05, 0.1) is 0 Å². The van der Waals surface area contributed by atoms with Crippen molar-refractivity contribution in [1.29, 1.82) is 0 Å². The summed E-state index contributed by atoms with van der Waals surface area (Å²) in [4.78, 5) is 12.2. The monoisotopic (exact) mass is 284 g/mol. The van der Waals surface area contributed by atoms with Crippen LogP contribution in [0.2, 0.25) is 0 Å². The van der Waals surface area contributed by atoms with Crippen LogP contribution in [0.15, 0.2) is 48.5 Å². The average molecular weight is 284 g/mol. The first kappa shape index (κ1) is 14.9. The summed E-state index contributed by atoms with van der Waals surface area (Å²) in [6, 6.07) is 14.7. The fourth-order valence-electron chi connectivity index (χ4n) is 1.89. The molecule has 0 unspecified atom stereocenters. The molecular weight excluding hydrogens is 264 g/mol. The molecule has 0 heterocycles. The molecule has 3 N–H and O–H groups in total. The fourth-order valence-corrected chi connectivity index (χ4v) is 1.89. The molecule has 1 amide bonds. The molecule has 4 heteroatoms. The Kier molecular flexibility index (Phi) is 4.82. The van der Waals surface area contributed by atoms with Gasteiger partial charge in [-0.25, -0.2) is 0 Å². The summed E-state index contributed by atoms with van der Waals surface area (Å²) in [6.07, 6.45) is 0.0690. The molecule has 21 heavy (non-hydrogen) atoms. The number of carbonyl (C=O) groups excluding carboxylic acids is 1. The van der Waals surface area contributed by atoms with Crippen LogP contribution in [0.5, 0.6) is 5.75 Å². The van der Waals surface area contributed by atoms with E-state index in [1.165, 1.54) is 0 Å². The van der Waals surface area contributed by atoms with E-state index in [1.54, 1.807) is 24.3 Å². The first-order valence-corrected chi connectivity index (χ1v) is 6.98. The minimum absolute atomic E-state index is 0.164. The lowest BCUT2D eigenvalue weighted by Crippen LogP contribution is -2.32. The van der Waals surface area contributed by atoms with Crippen LogP contribution in [-0.4, -0.2) is 12.0 Å². The largest absolute Gasteiger partial charge is 0.481 e. The number of rotatable bonds is 5. The van der Waals surface area contributed by atoms with Gasteiger partial charge in [-0.15, -0.1) is 0 Å². The van der Waals surface area contributed by atoms with Gasteiger partial charge in [0.2, 0.25) is 0 Å². The Bertz CT molecular complexity index is 591. The number of benzene rings is 2. The number of aryl methyl sites for hydroxylation is 1. The van der Waals surface area contributed by atoms with Crippen LogP contribution >= 0.6 is 0 Å². The number of ether oxygens (including phenoxy) is 1. The van der Waals surface area contributed by atoms with Gasteiger partial charge < -0.3 is 15.8 Å². The number of anilines is 2. The molecule has 2 rings (SSSR count). The van der Waals surface area contributed by atoms with Crippen molar-refractivity contribution in [2.24, 2.45) is 0 Å². The number of nitrogen functional groups attached to an aromatic ring is 1. The van der Waals surface area contributed by atoms with E-state index in [4.69, 9.17) is 10.5 Å². The van der Waals surface area contributed by atoms with E-state index in [2.05, 4.69) is 5.32 Å². The first-order chi connectivity index (χ1) is 10.1. The van der Waals surface area contributed by atoms with Crippen molar-refractivity contribution in [2.45, 2.75) is 26.4 Å². The Hall–Kier alpha value is -2.49. The standard InChI is InChI=1S/C17H20N2O2/c1-3-16(21-15-10-4-12(2)5-11-15)17(20)19-14-8-6-13(18)7-9-14/h4-11,16H,3,18H2,1-2H3,(H,19,20)/t16-/m0/s1. The molecule has 110 valence electrons. The lowest BCUT2D eigenvalue weighted by Gasteiger charge is -2.17. The quantitative estimate of drug-likeness (QED) is 0.827. The Morgan fingerprint density at radius 2 is 1.76 bits per heavy atom. The third kappa shape index (κ3) is 4.24. The highest BCUT2D eigenvalue weighted by molar-refractivity contribution is 5.94. The molecule has 4 nitrogen and oxygen atoms in total. The fraction of sp³-hybridized carbons (Fsp3) is 0.235. The van der Waals surface area contributed by atoms with Crippen molar-refractivity contribution in [1.82, 2.24) is 0 Å². The Balaban J connectivity index is 2.01. The van der Waals surface area contributed by atoms with Gasteiger partial charge in [-0.2, -0.15) is 0 Å². The summed E-state index contributed by atoms with van der Waals surface area (Å²) in [7, 11) is 0. The molecule has 2 aromatic carbocycles. The van der Waals surface area contributed by atoms with Gasteiger partial charge in [-0.1, -0.05) is 24.6 Å². The van der Waals surface area contributed by atoms with Crippen LogP contribution < -0.4 is 15.8 Å². The van der Waals surface area contributed by atoms with E-state index in [-0.39, 0.29) is 5.91 Å². The van der Waals surface area contributed by atoms with Gasteiger partial charge in [0.15, 0.2) is 6.10 Å². The molecule has 0 fully saturated rings. The second kappa shape index (κ2) is 6.79. The Labute approximate surface area is 124 Å². The summed E-state index contributed by atoms with van der Waals surface area (Å²) in [6.45, 7) is 3.93. The summed E-state index contributed by atoms with van der Waals surface area (Å²) in [5.74, 6) is 0.530. The molecule has 0 bridgehead atoms. The average Bonchev–Trinajstić information content (AvgIpc) is 2.49. The van der Waals surface area contributed by atoms with Crippen molar-refractivity contribution < 1.29 is 9.53 Å². The second-order valence-electron chi connectivity index (χ2n) is 4.94. The zero-order valence-electron chi connectivity index (χ0n) is 12.3. The summed E-state index contributed by atoms with van der Waals surface area (Å²) >= 11 is 0. The van der Waals surface area contributed by atoms with Crippen LogP contribution in [0.1, 0.15) is 18.9 Å². The predicted octanol–water partition coefficient (Wildman–Crippen LogP) is 3.37. The molecule has 0 aliphatic carbocycles. The third-order valence-corrected chi connectivity index (χ3v) is 3.14. The third-order valence-electron chi connectivity index (χ3n) is 3.14. The highest BCUT2D eigenvalue weighted by Gasteiger charge is 2.18.